The van der Waals surface area contributed by atoms with E-state index < -0.39 is 0 Å². The van der Waals surface area contributed by atoms with E-state index in [1.54, 1.807) is 0 Å². The maximum absolute atomic E-state index is 12.2. The van der Waals surface area contributed by atoms with E-state index in [1.807, 2.05) is 0 Å². The zero-order chi connectivity index (χ0) is 15.1. The average Bonchev–Trinajstić information content (AvgIpc) is 2.41. The van der Waals surface area contributed by atoms with E-state index >= 15 is 0 Å². The number of primary amides is 1. The third-order valence-electron chi connectivity index (χ3n) is 6.77. The SMILES string of the molecule is CN1CCN(C2(C3CCCCC3(C)C(N)=O)CCC2)CC1. The zero-order valence-corrected chi connectivity index (χ0v) is 13.7. The summed E-state index contributed by atoms with van der Waals surface area (Å²) in [5, 5.41) is 0. The van der Waals surface area contributed by atoms with Crippen LogP contribution < -0.4 is 5.73 Å². The van der Waals surface area contributed by atoms with Crippen LogP contribution in [0.2, 0.25) is 0 Å². The Morgan fingerprint density at radius 1 is 1.05 bits per heavy atom. The standard InChI is InChI=1S/C17H31N3O/c1-16(15(18)21)7-4-3-6-14(16)17(8-5-9-17)20-12-10-19(2)11-13-20/h14H,3-13H2,1-2H3,(H2,18,21). The fraction of sp³-hybridized carbons (Fsp3) is 0.941. The van der Waals surface area contributed by atoms with Crippen molar-refractivity contribution < 1.29 is 4.79 Å². The van der Waals surface area contributed by atoms with Crippen LogP contribution in [0.3, 0.4) is 0 Å². The summed E-state index contributed by atoms with van der Waals surface area (Å²) >= 11 is 0. The van der Waals surface area contributed by atoms with Gasteiger partial charge in [0.05, 0.1) is 5.41 Å². The highest BCUT2D eigenvalue weighted by Gasteiger charge is 2.57. The molecule has 3 rings (SSSR count). The van der Waals surface area contributed by atoms with E-state index in [0.717, 1.165) is 39.0 Å². The first-order chi connectivity index (χ1) is 9.99. The molecule has 0 aromatic carbocycles. The third-order valence-corrected chi connectivity index (χ3v) is 6.77. The quantitative estimate of drug-likeness (QED) is 0.864. The summed E-state index contributed by atoms with van der Waals surface area (Å²) in [6.07, 6.45) is 8.46. The van der Waals surface area contributed by atoms with Crippen LogP contribution in [0.4, 0.5) is 0 Å². The number of piperazine rings is 1. The van der Waals surface area contributed by atoms with Crippen molar-refractivity contribution in [3.63, 3.8) is 0 Å². The smallest absolute Gasteiger partial charge is 0.223 e. The maximum atomic E-state index is 12.2. The van der Waals surface area contributed by atoms with Crippen molar-refractivity contribution in [1.82, 2.24) is 9.80 Å². The topological polar surface area (TPSA) is 49.6 Å². The van der Waals surface area contributed by atoms with Crippen molar-refractivity contribution in [1.29, 1.82) is 0 Å². The third kappa shape index (κ3) is 2.40. The van der Waals surface area contributed by atoms with Crippen LogP contribution >= 0.6 is 0 Å². The number of hydrogen-bond donors (Lipinski definition) is 1. The first-order valence-electron chi connectivity index (χ1n) is 8.72. The minimum Gasteiger partial charge on any atom is -0.369 e. The Bertz CT molecular complexity index is 399. The van der Waals surface area contributed by atoms with Crippen LogP contribution in [-0.4, -0.2) is 54.5 Å². The summed E-state index contributed by atoms with van der Waals surface area (Å²) in [7, 11) is 2.21. The Labute approximate surface area is 129 Å². The lowest BCUT2D eigenvalue weighted by Gasteiger charge is -2.61. The molecule has 0 aromatic rings. The summed E-state index contributed by atoms with van der Waals surface area (Å²) in [4.78, 5) is 17.3. The second-order valence-electron chi connectivity index (χ2n) is 7.83. The Morgan fingerprint density at radius 3 is 2.24 bits per heavy atom. The molecule has 0 aromatic heterocycles. The van der Waals surface area contributed by atoms with E-state index in [1.165, 1.54) is 32.1 Å². The predicted octanol–water partition coefficient (Wildman–Crippen LogP) is 1.84. The van der Waals surface area contributed by atoms with Crippen LogP contribution in [0.15, 0.2) is 0 Å². The molecule has 2 unspecified atom stereocenters. The van der Waals surface area contributed by atoms with E-state index in [4.69, 9.17) is 5.73 Å². The molecule has 2 N–H and O–H groups in total. The van der Waals surface area contributed by atoms with Gasteiger partial charge in [0.1, 0.15) is 0 Å². The van der Waals surface area contributed by atoms with E-state index in [9.17, 15) is 4.79 Å². The minimum absolute atomic E-state index is 0.0624. The Balaban J connectivity index is 1.85. The van der Waals surface area contributed by atoms with Gasteiger partial charge in [0, 0.05) is 31.7 Å². The number of nitrogens with two attached hydrogens (primary N) is 1. The first-order valence-corrected chi connectivity index (χ1v) is 8.72. The molecule has 0 spiro atoms. The van der Waals surface area contributed by atoms with Gasteiger partial charge in [-0.1, -0.05) is 19.8 Å². The molecule has 1 heterocycles. The van der Waals surface area contributed by atoms with Crippen molar-refractivity contribution in [3.8, 4) is 0 Å². The largest absolute Gasteiger partial charge is 0.369 e. The molecule has 0 bridgehead atoms. The van der Waals surface area contributed by atoms with E-state index in [2.05, 4.69) is 23.8 Å². The highest BCUT2D eigenvalue weighted by Crippen LogP contribution is 2.55. The molecular formula is C17H31N3O. The van der Waals surface area contributed by atoms with Crippen molar-refractivity contribution in [2.75, 3.05) is 33.2 Å². The molecule has 2 atom stereocenters. The normalized spacial score (nSPS) is 37.9. The van der Waals surface area contributed by atoms with E-state index in [-0.39, 0.29) is 16.9 Å². The Morgan fingerprint density at radius 2 is 1.71 bits per heavy atom. The van der Waals surface area contributed by atoms with Gasteiger partial charge in [-0.25, -0.2) is 0 Å². The fourth-order valence-corrected chi connectivity index (χ4v) is 5.17. The number of carbonyl (C=O) groups excluding carboxylic acids is 1. The molecule has 1 saturated heterocycles. The summed E-state index contributed by atoms with van der Waals surface area (Å²) in [6, 6.07) is 0. The number of amides is 1. The van der Waals surface area contributed by atoms with Gasteiger partial charge in [-0.05, 0) is 45.1 Å². The lowest BCUT2D eigenvalue weighted by atomic mass is 9.53. The second kappa shape index (κ2) is 5.54. The van der Waals surface area contributed by atoms with Gasteiger partial charge in [-0.15, -0.1) is 0 Å². The molecule has 4 heteroatoms. The van der Waals surface area contributed by atoms with Gasteiger partial charge < -0.3 is 10.6 Å². The number of rotatable bonds is 3. The molecule has 3 fully saturated rings. The second-order valence-corrected chi connectivity index (χ2v) is 7.83. The molecule has 2 aliphatic carbocycles. The van der Waals surface area contributed by atoms with Crippen LogP contribution in [0.25, 0.3) is 0 Å². The molecule has 4 nitrogen and oxygen atoms in total. The van der Waals surface area contributed by atoms with Crippen LogP contribution in [0.1, 0.15) is 51.9 Å². The Hall–Kier alpha value is -0.610. The van der Waals surface area contributed by atoms with Crippen LogP contribution in [0, 0.1) is 11.3 Å². The number of nitrogens with zero attached hydrogens (tertiary/aromatic N) is 2. The van der Waals surface area contributed by atoms with Crippen molar-refractivity contribution in [2.45, 2.75) is 57.4 Å². The van der Waals surface area contributed by atoms with Gasteiger partial charge in [-0.3, -0.25) is 9.69 Å². The molecule has 21 heavy (non-hydrogen) atoms. The van der Waals surface area contributed by atoms with Gasteiger partial charge >= 0.3 is 0 Å². The van der Waals surface area contributed by atoms with Gasteiger partial charge in [0.25, 0.3) is 0 Å². The monoisotopic (exact) mass is 293 g/mol. The molecular weight excluding hydrogens is 262 g/mol. The molecule has 1 aliphatic heterocycles. The number of carbonyl (C=O) groups is 1. The van der Waals surface area contributed by atoms with Crippen LogP contribution in [-0.2, 0) is 4.79 Å². The minimum atomic E-state index is -0.290. The zero-order valence-electron chi connectivity index (χ0n) is 13.7. The van der Waals surface area contributed by atoms with Gasteiger partial charge in [-0.2, -0.15) is 0 Å². The molecule has 1 amide bonds. The van der Waals surface area contributed by atoms with Crippen molar-refractivity contribution >= 4 is 5.91 Å². The summed E-state index contributed by atoms with van der Waals surface area (Å²) in [5.74, 6) is 0.404. The molecule has 2 saturated carbocycles. The van der Waals surface area contributed by atoms with Crippen molar-refractivity contribution in [3.05, 3.63) is 0 Å². The summed E-state index contributed by atoms with van der Waals surface area (Å²) in [5.41, 5.74) is 5.83. The lowest BCUT2D eigenvalue weighted by Crippen LogP contribution is -2.67. The molecule has 120 valence electrons. The molecule has 3 aliphatic rings. The number of hydrogen-bond acceptors (Lipinski definition) is 3. The van der Waals surface area contributed by atoms with Crippen molar-refractivity contribution in [2.24, 2.45) is 17.1 Å². The Kier molecular flexibility index (Phi) is 4.04. The van der Waals surface area contributed by atoms with Crippen LogP contribution in [0.5, 0.6) is 0 Å². The highest BCUT2D eigenvalue weighted by atomic mass is 16.1. The average molecular weight is 293 g/mol. The predicted molar refractivity (Wildman–Crippen MR) is 84.9 cm³/mol. The maximum Gasteiger partial charge on any atom is 0.223 e. The lowest BCUT2D eigenvalue weighted by molar-refractivity contribution is -0.148. The first kappa shape index (κ1) is 15.3. The van der Waals surface area contributed by atoms with Gasteiger partial charge in [0.2, 0.25) is 5.91 Å². The fourth-order valence-electron chi connectivity index (χ4n) is 5.17. The molecule has 0 radical (unpaired) electrons. The van der Waals surface area contributed by atoms with Gasteiger partial charge in [0.15, 0.2) is 0 Å². The highest BCUT2D eigenvalue weighted by molar-refractivity contribution is 5.81. The van der Waals surface area contributed by atoms with E-state index in [0.29, 0.717) is 5.92 Å². The number of likely N-dealkylation sites (N-methyl/N-ethyl adjacent to an activating group) is 1. The summed E-state index contributed by atoms with van der Waals surface area (Å²) in [6.45, 7) is 6.77. The summed E-state index contributed by atoms with van der Waals surface area (Å²) < 4.78 is 0.